The Kier molecular flexibility index (Phi) is 6.44. The van der Waals surface area contributed by atoms with E-state index in [2.05, 4.69) is 50.1 Å². The van der Waals surface area contributed by atoms with Gasteiger partial charge in [0.25, 0.3) is 0 Å². The van der Waals surface area contributed by atoms with Crippen molar-refractivity contribution in [1.29, 1.82) is 0 Å². The smallest absolute Gasteiger partial charge is 0.241 e. The van der Waals surface area contributed by atoms with Gasteiger partial charge < -0.3 is 14.6 Å². The van der Waals surface area contributed by atoms with Crippen LogP contribution in [-0.2, 0) is 11.3 Å². The summed E-state index contributed by atoms with van der Waals surface area (Å²) in [6, 6.07) is 15.8. The zero-order valence-electron chi connectivity index (χ0n) is 19.5. The van der Waals surface area contributed by atoms with E-state index >= 15 is 0 Å². The van der Waals surface area contributed by atoms with E-state index in [1.54, 1.807) is 0 Å². The van der Waals surface area contributed by atoms with Gasteiger partial charge >= 0.3 is 0 Å². The minimum Gasteiger partial charge on any atom is -0.487 e. The average molecular weight is 525 g/mol. The number of rotatable bonds is 5. The van der Waals surface area contributed by atoms with E-state index in [4.69, 9.17) is 9.26 Å². The number of nitrogens with one attached hydrogen (secondary N) is 1. The molecule has 1 unspecified atom stereocenters. The van der Waals surface area contributed by atoms with Gasteiger partial charge in [0.1, 0.15) is 11.4 Å². The van der Waals surface area contributed by atoms with Crippen molar-refractivity contribution in [1.82, 2.24) is 20.4 Å². The number of carbonyl (C=O) groups is 1. The Morgan fingerprint density at radius 1 is 1.18 bits per heavy atom. The van der Waals surface area contributed by atoms with Crippen LogP contribution in [0.15, 0.2) is 57.5 Å². The van der Waals surface area contributed by atoms with E-state index in [-0.39, 0.29) is 23.5 Å². The lowest BCUT2D eigenvalue weighted by Gasteiger charge is -2.39. The van der Waals surface area contributed by atoms with E-state index in [9.17, 15) is 4.79 Å². The molecule has 1 aromatic heterocycles. The highest BCUT2D eigenvalue weighted by Gasteiger charge is 2.36. The van der Waals surface area contributed by atoms with Crippen molar-refractivity contribution in [3.8, 4) is 17.1 Å². The third kappa shape index (κ3) is 5.18. The molecule has 1 saturated heterocycles. The number of likely N-dealkylation sites (tertiary alicyclic amines) is 1. The lowest BCUT2D eigenvalue weighted by Crippen LogP contribution is -2.45. The number of halogens is 1. The lowest BCUT2D eigenvalue weighted by atomic mass is 9.88. The van der Waals surface area contributed by atoms with E-state index in [1.165, 1.54) is 0 Å². The fraction of sp³-hybridized carbons (Fsp3) is 0.423. The molecule has 3 heterocycles. The van der Waals surface area contributed by atoms with Crippen LogP contribution in [-0.4, -0.2) is 39.6 Å². The SMILES string of the molecule is CC1(C)CC(NC(=O)C2CCN(Cc3nc(-c4cccc(Br)c4)no3)CC2)c2ccccc2O1. The molecule has 2 aromatic carbocycles. The molecular formula is C26H29BrN4O3. The average Bonchev–Trinajstić information content (AvgIpc) is 3.27. The van der Waals surface area contributed by atoms with Gasteiger partial charge in [-0.25, -0.2) is 0 Å². The van der Waals surface area contributed by atoms with Gasteiger partial charge in [-0.2, -0.15) is 4.98 Å². The number of hydrogen-bond acceptors (Lipinski definition) is 6. The Morgan fingerprint density at radius 3 is 2.76 bits per heavy atom. The lowest BCUT2D eigenvalue weighted by molar-refractivity contribution is -0.127. The Balaban J connectivity index is 1.16. The number of benzene rings is 2. The second-order valence-electron chi connectivity index (χ2n) is 9.74. The number of aromatic nitrogens is 2. The molecule has 0 spiro atoms. The second kappa shape index (κ2) is 9.50. The standard InChI is InChI=1S/C26H29BrN4O3/c1-26(2)15-21(20-8-3-4-9-22(20)33-26)28-25(32)17-10-12-31(13-11-17)16-23-29-24(30-34-23)18-6-5-7-19(27)14-18/h3-9,14,17,21H,10-13,15-16H2,1-2H3,(H,28,32). The van der Waals surface area contributed by atoms with Gasteiger partial charge in [0.05, 0.1) is 12.6 Å². The fourth-order valence-corrected chi connectivity index (χ4v) is 5.23. The molecule has 1 atom stereocenters. The highest BCUT2D eigenvalue weighted by atomic mass is 79.9. The summed E-state index contributed by atoms with van der Waals surface area (Å²) in [5.41, 5.74) is 1.66. The Morgan fingerprint density at radius 2 is 1.97 bits per heavy atom. The molecule has 178 valence electrons. The topological polar surface area (TPSA) is 80.5 Å². The van der Waals surface area contributed by atoms with Gasteiger partial charge in [0.2, 0.25) is 17.6 Å². The third-order valence-electron chi connectivity index (χ3n) is 6.56. The summed E-state index contributed by atoms with van der Waals surface area (Å²) in [6.07, 6.45) is 2.38. The summed E-state index contributed by atoms with van der Waals surface area (Å²) in [5, 5.41) is 7.43. The molecule has 1 N–H and O–H groups in total. The first kappa shape index (κ1) is 23.1. The minimum atomic E-state index is -0.311. The molecule has 8 heteroatoms. The maximum absolute atomic E-state index is 13.1. The number of carbonyl (C=O) groups excluding carboxylic acids is 1. The van der Waals surface area contributed by atoms with Crippen molar-refractivity contribution in [2.45, 2.75) is 51.3 Å². The molecule has 0 saturated carbocycles. The fourth-order valence-electron chi connectivity index (χ4n) is 4.83. The summed E-state index contributed by atoms with van der Waals surface area (Å²) in [5.74, 6) is 2.19. The van der Waals surface area contributed by atoms with E-state index in [0.29, 0.717) is 18.3 Å². The summed E-state index contributed by atoms with van der Waals surface area (Å²) in [7, 11) is 0. The largest absolute Gasteiger partial charge is 0.487 e. The van der Waals surface area contributed by atoms with Crippen LogP contribution in [0.2, 0.25) is 0 Å². The van der Waals surface area contributed by atoms with Crippen molar-refractivity contribution in [3.05, 3.63) is 64.5 Å². The summed E-state index contributed by atoms with van der Waals surface area (Å²) < 4.78 is 12.6. The summed E-state index contributed by atoms with van der Waals surface area (Å²) in [6.45, 7) is 6.38. The quantitative estimate of drug-likeness (QED) is 0.498. The number of ether oxygens (including phenoxy) is 1. The van der Waals surface area contributed by atoms with Crippen molar-refractivity contribution in [2.24, 2.45) is 5.92 Å². The van der Waals surface area contributed by atoms with Crippen molar-refractivity contribution in [3.63, 3.8) is 0 Å². The maximum atomic E-state index is 13.1. The molecule has 3 aromatic rings. The Hall–Kier alpha value is -2.71. The van der Waals surface area contributed by atoms with Crippen LogP contribution in [0.5, 0.6) is 5.75 Å². The molecule has 5 rings (SSSR count). The highest BCUT2D eigenvalue weighted by Crippen LogP contribution is 2.39. The maximum Gasteiger partial charge on any atom is 0.241 e. The third-order valence-corrected chi connectivity index (χ3v) is 7.05. The number of piperidine rings is 1. The molecule has 2 aliphatic rings. The number of hydrogen-bond donors (Lipinski definition) is 1. The first-order valence-corrected chi connectivity index (χ1v) is 12.5. The van der Waals surface area contributed by atoms with Gasteiger partial charge in [-0.3, -0.25) is 9.69 Å². The van der Waals surface area contributed by atoms with Crippen LogP contribution in [0.25, 0.3) is 11.4 Å². The minimum absolute atomic E-state index is 0.00860. The van der Waals surface area contributed by atoms with Crippen LogP contribution in [0.3, 0.4) is 0 Å². The molecule has 1 amide bonds. The number of fused-ring (bicyclic) bond motifs is 1. The zero-order chi connectivity index (χ0) is 23.7. The predicted octanol–water partition coefficient (Wildman–Crippen LogP) is 5.13. The molecule has 0 aliphatic carbocycles. The molecule has 2 aliphatic heterocycles. The van der Waals surface area contributed by atoms with Crippen LogP contribution in [0.4, 0.5) is 0 Å². The van der Waals surface area contributed by atoms with E-state index in [1.807, 2.05) is 48.5 Å². The molecule has 0 radical (unpaired) electrons. The summed E-state index contributed by atoms with van der Waals surface area (Å²) >= 11 is 3.47. The van der Waals surface area contributed by atoms with E-state index in [0.717, 1.165) is 53.7 Å². The van der Waals surface area contributed by atoms with Crippen LogP contribution in [0.1, 0.15) is 50.6 Å². The normalized spacial score (nSPS) is 20.4. The first-order valence-electron chi connectivity index (χ1n) is 11.8. The van der Waals surface area contributed by atoms with Gasteiger partial charge in [-0.1, -0.05) is 51.4 Å². The van der Waals surface area contributed by atoms with Gasteiger partial charge in [-0.05, 0) is 58.0 Å². The Labute approximate surface area is 208 Å². The van der Waals surface area contributed by atoms with Crippen LogP contribution >= 0.6 is 15.9 Å². The number of amides is 1. The van der Waals surface area contributed by atoms with Crippen molar-refractivity contribution in [2.75, 3.05) is 13.1 Å². The monoisotopic (exact) mass is 524 g/mol. The molecule has 1 fully saturated rings. The van der Waals surface area contributed by atoms with Gasteiger partial charge in [0, 0.05) is 27.9 Å². The van der Waals surface area contributed by atoms with Gasteiger partial charge in [-0.15, -0.1) is 0 Å². The van der Waals surface area contributed by atoms with Crippen molar-refractivity contribution < 1.29 is 14.1 Å². The summed E-state index contributed by atoms with van der Waals surface area (Å²) in [4.78, 5) is 19.9. The first-order chi connectivity index (χ1) is 16.4. The molecule has 7 nitrogen and oxygen atoms in total. The van der Waals surface area contributed by atoms with Crippen molar-refractivity contribution >= 4 is 21.8 Å². The van der Waals surface area contributed by atoms with Crippen LogP contribution < -0.4 is 10.1 Å². The van der Waals surface area contributed by atoms with E-state index < -0.39 is 0 Å². The highest BCUT2D eigenvalue weighted by molar-refractivity contribution is 9.10. The number of nitrogens with zero attached hydrogens (tertiary/aromatic N) is 3. The molecular weight excluding hydrogens is 496 g/mol. The predicted molar refractivity (Wildman–Crippen MR) is 132 cm³/mol. The number of para-hydroxylation sites is 1. The van der Waals surface area contributed by atoms with Gasteiger partial charge in [0.15, 0.2) is 0 Å². The zero-order valence-corrected chi connectivity index (χ0v) is 21.0. The molecule has 0 bridgehead atoms. The molecule has 34 heavy (non-hydrogen) atoms. The Bertz CT molecular complexity index is 1170. The second-order valence-corrected chi connectivity index (χ2v) is 10.7. The van der Waals surface area contributed by atoms with Crippen LogP contribution in [0, 0.1) is 5.92 Å².